The number of rotatable bonds is 17. The zero-order valence-corrected chi connectivity index (χ0v) is 27.3. The maximum absolute atomic E-state index is 11.8. The molecule has 0 saturated carbocycles. The number of benzene rings is 1. The molecule has 17 nitrogen and oxygen atoms in total. The van der Waals surface area contributed by atoms with E-state index in [1.165, 1.54) is 16.0 Å². The first-order chi connectivity index (χ1) is 23.3. The summed E-state index contributed by atoms with van der Waals surface area (Å²) in [5, 5.41) is 39.1. The molecule has 0 amide bonds. The van der Waals surface area contributed by atoms with Gasteiger partial charge in [-0.05, 0) is 38.3 Å². The van der Waals surface area contributed by atoms with E-state index in [0.29, 0.717) is 48.0 Å². The summed E-state index contributed by atoms with van der Waals surface area (Å²) in [6.45, 7) is 3.32. The summed E-state index contributed by atoms with van der Waals surface area (Å²) in [6.07, 6.45) is 4.00. The molecule has 1 atom stereocenters. The summed E-state index contributed by atoms with van der Waals surface area (Å²) >= 11 is 1.44. The van der Waals surface area contributed by atoms with Gasteiger partial charge in [-0.2, -0.15) is 15.2 Å². The number of hydrogen-bond donors (Lipinski definition) is 3. The number of esters is 1. The molecule has 48 heavy (non-hydrogen) atoms. The van der Waals surface area contributed by atoms with E-state index in [4.69, 9.17) is 29.3 Å². The van der Waals surface area contributed by atoms with E-state index in [2.05, 4.69) is 41.9 Å². The molecule has 1 fully saturated rings. The van der Waals surface area contributed by atoms with E-state index < -0.39 is 25.2 Å². The second kappa shape index (κ2) is 16.5. The lowest BCUT2D eigenvalue weighted by atomic mass is 10.3. The first kappa shape index (κ1) is 34.1. The van der Waals surface area contributed by atoms with Crippen LogP contribution in [-0.2, 0) is 23.8 Å². The molecule has 252 valence electrons. The molecule has 0 radical (unpaired) electrons. The van der Waals surface area contributed by atoms with Crippen molar-refractivity contribution in [2.75, 3.05) is 68.7 Å². The first-order valence-corrected chi connectivity index (χ1v) is 16.0. The van der Waals surface area contributed by atoms with Crippen molar-refractivity contribution < 1.29 is 28.9 Å². The highest BCUT2D eigenvalue weighted by Gasteiger charge is 2.22. The summed E-state index contributed by atoms with van der Waals surface area (Å²) in [5.41, 5.74) is 1.32. The lowest BCUT2D eigenvalue weighted by Gasteiger charge is -2.21. The maximum Gasteiger partial charge on any atom is 0.332 e. The molecule has 0 spiro atoms. The Bertz CT molecular complexity index is 1760. The Hall–Kier alpha value is -5.25. The second-order valence-corrected chi connectivity index (χ2v) is 11.7. The predicted molar refractivity (Wildman–Crippen MR) is 177 cm³/mol. The van der Waals surface area contributed by atoms with Crippen LogP contribution in [0.25, 0.3) is 15.3 Å². The third-order valence-corrected chi connectivity index (χ3v) is 7.95. The third-order valence-electron chi connectivity index (χ3n) is 6.92. The average molecular weight is 678 g/mol. The second-order valence-electron chi connectivity index (χ2n) is 10.7. The van der Waals surface area contributed by atoms with Crippen LogP contribution in [0.4, 0.5) is 29.1 Å². The number of para-hydroxylation sites is 1. The third kappa shape index (κ3) is 8.96. The van der Waals surface area contributed by atoms with Gasteiger partial charge < -0.3 is 34.9 Å². The number of aromatic nitrogens is 5. The van der Waals surface area contributed by atoms with Gasteiger partial charge in [0.05, 0.1) is 29.6 Å². The number of nitriles is 1. The quantitative estimate of drug-likeness (QED) is 0.0817. The Labute approximate surface area is 279 Å². The monoisotopic (exact) mass is 677 g/mol. The van der Waals surface area contributed by atoms with E-state index in [-0.39, 0.29) is 24.0 Å². The highest BCUT2D eigenvalue weighted by Crippen LogP contribution is 2.36. The predicted octanol–water partition coefficient (Wildman–Crippen LogP) is 4.05. The van der Waals surface area contributed by atoms with Crippen molar-refractivity contribution in [2.24, 2.45) is 10.2 Å². The van der Waals surface area contributed by atoms with Crippen LogP contribution in [0.1, 0.15) is 31.7 Å². The minimum Gasteiger partial charge on any atom is -0.480 e. The highest BCUT2D eigenvalue weighted by molar-refractivity contribution is 7.20. The summed E-state index contributed by atoms with van der Waals surface area (Å²) in [6, 6.07) is 9.70. The van der Waals surface area contributed by atoms with Gasteiger partial charge in [0, 0.05) is 32.8 Å². The smallest absolute Gasteiger partial charge is 0.332 e. The Kier molecular flexibility index (Phi) is 11.7. The number of nitrogens with zero attached hydrogens (tertiary/aromatic N) is 9. The van der Waals surface area contributed by atoms with Gasteiger partial charge in [0.15, 0.2) is 17.3 Å². The molecule has 1 aliphatic heterocycles. The Morgan fingerprint density at radius 2 is 1.94 bits per heavy atom. The van der Waals surface area contributed by atoms with Gasteiger partial charge in [0.2, 0.25) is 16.9 Å². The lowest BCUT2D eigenvalue weighted by Crippen LogP contribution is -2.25. The molecular weight excluding hydrogens is 642 g/mol. The SMILES string of the molecule is COCC(C)Nc1nc(N2CCCC2)nc(NCCCOC(=O)COCC(=O)O)c1N=Nc1nn(-c2nc3ccccc3s2)cc1C#N. The molecule has 1 saturated heterocycles. The van der Waals surface area contributed by atoms with Crippen LogP contribution in [0.2, 0.25) is 0 Å². The number of nitrogens with one attached hydrogen (secondary N) is 2. The normalized spacial score (nSPS) is 13.6. The van der Waals surface area contributed by atoms with Gasteiger partial charge in [0.25, 0.3) is 0 Å². The summed E-state index contributed by atoms with van der Waals surface area (Å²) in [5.74, 6) is -0.438. The largest absolute Gasteiger partial charge is 0.480 e. The van der Waals surface area contributed by atoms with E-state index in [0.717, 1.165) is 36.1 Å². The van der Waals surface area contributed by atoms with Gasteiger partial charge in [-0.15, -0.1) is 15.3 Å². The maximum atomic E-state index is 11.8. The number of anilines is 3. The van der Waals surface area contributed by atoms with E-state index in [1.54, 1.807) is 13.3 Å². The molecule has 3 aromatic heterocycles. The molecule has 5 rings (SSSR count). The molecule has 1 aromatic carbocycles. The van der Waals surface area contributed by atoms with E-state index in [9.17, 15) is 14.9 Å². The number of thiazole rings is 1. The molecule has 1 aliphatic rings. The summed E-state index contributed by atoms with van der Waals surface area (Å²) < 4.78 is 17.7. The van der Waals surface area contributed by atoms with Crippen molar-refractivity contribution in [2.45, 2.75) is 32.2 Å². The van der Waals surface area contributed by atoms with Crippen LogP contribution < -0.4 is 15.5 Å². The number of ether oxygens (including phenoxy) is 3. The number of hydrogen-bond acceptors (Lipinski definition) is 16. The fraction of sp³-hybridized carbons (Fsp3) is 0.433. The van der Waals surface area contributed by atoms with Gasteiger partial charge in [-0.1, -0.05) is 23.5 Å². The van der Waals surface area contributed by atoms with Crippen LogP contribution in [0, 0.1) is 11.3 Å². The first-order valence-electron chi connectivity index (χ1n) is 15.2. The zero-order valence-electron chi connectivity index (χ0n) is 26.5. The van der Waals surface area contributed by atoms with Crippen LogP contribution in [0.3, 0.4) is 0 Å². The minimum absolute atomic E-state index is 0.0634. The van der Waals surface area contributed by atoms with Gasteiger partial charge in [0.1, 0.15) is 24.8 Å². The minimum atomic E-state index is -1.17. The number of carboxylic acid groups (broad SMARTS) is 1. The molecule has 0 bridgehead atoms. The van der Waals surface area contributed by atoms with Crippen LogP contribution in [0.5, 0.6) is 0 Å². The van der Waals surface area contributed by atoms with Crippen molar-refractivity contribution >= 4 is 62.6 Å². The summed E-state index contributed by atoms with van der Waals surface area (Å²) in [4.78, 5) is 38.7. The van der Waals surface area contributed by atoms with E-state index >= 15 is 0 Å². The summed E-state index contributed by atoms with van der Waals surface area (Å²) in [7, 11) is 1.61. The number of carbonyl (C=O) groups excluding carboxylic acids is 1. The average Bonchev–Trinajstić information content (AvgIpc) is 3.84. The molecule has 4 aromatic rings. The number of azo groups is 1. The molecular formula is C30H35N11O6S. The lowest BCUT2D eigenvalue weighted by molar-refractivity contribution is -0.152. The Morgan fingerprint density at radius 3 is 2.69 bits per heavy atom. The van der Waals surface area contributed by atoms with Crippen molar-refractivity contribution in [3.63, 3.8) is 0 Å². The van der Waals surface area contributed by atoms with Crippen LogP contribution in [-0.4, -0.2) is 101 Å². The van der Waals surface area contributed by atoms with E-state index in [1.807, 2.05) is 31.2 Å². The topological polar surface area (TPSA) is 214 Å². The number of aliphatic carboxylic acids is 1. The van der Waals surface area contributed by atoms with Crippen molar-refractivity contribution in [3.8, 4) is 11.2 Å². The number of fused-ring (bicyclic) bond motifs is 1. The molecule has 4 heterocycles. The molecule has 3 N–H and O–H groups in total. The Balaban J connectivity index is 1.41. The van der Waals surface area contributed by atoms with Crippen LogP contribution >= 0.6 is 11.3 Å². The number of carbonyl (C=O) groups is 2. The van der Waals surface area contributed by atoms with Gasteiger partial charge in [-0.3, -0.25) is 0 Å². The van der Waals surface area contributed by atoms with Crippen molar-refractivity contribution in [1.82, 2.24) is 24.7 Å². The molecule has 18 heteroatoms. The number of methoxy groups -OCH3 is 1. The molecule has 0 aliphatic carbocycles. The fourth-order valence-corrected chi connectivity index (χ4v) is 5.64. The van der Waals surface area contributed by atoms with Crippen molar-refractivity contribution in [3.05, 3.63) is 36.0 Å². The molecule has 1 unspecified atom stereocenters. The highest BCUT2D eigenvalue weighted by atomic mass is 32.1. The standard InChI is InChI=1S/C30H35N11O6S/c1-19(16-45-2)33-28-25(37-38-26-20(14-31)15-41(39-26)30-34-21-8-3-4-9-22(21)48-30)27(35-29(36-28)40-11-5-6-12-40)32-10-7-13-47-24(44)18-46-17-23(42)43/h3-4,8-9,15,19H,5-7,10-13,16-18H2,1-2H3,(H,42,43)(H2,32,33,35,36). The van der Waals surface area contributed by atoms with Crippen LogP contribution in [0.15, 0.2) is 40.7 Å². The van der Waals surface area contributed by atoms with Gasteiger partial charge in [-0.25, -0.2) is 19.3 Å². The fourth-order valence-electron chi connectivity index (χ4n) is 4.74. The zero-order chi connectivity index (χ0) is 33.9. The Morgan fingerprint density at radius 1 is 1.15 bits per heavy atom. The number of carboxylic acids is 1. The van der Waals surface area contributed by atoms with Crippen molar-refractivity contribution in [1.29, 1.82) is 5.26 Å². The van der Waals surface area contributed by atoms with Gasteiger partial charge >= 0.3 is 11.9 Å².